The van der Waals surface area contributed by atoms with Crippen LogP contribution < -0.4 is 0 Å². The van der Waals surface area contributed by atoms with Crippen molar-refractivity contribution in [2.45, 2.75) is 90.4 Å². The van der Waals surface area contributed by atoms with E-state index in [0.717, 1.165) is 0 Å². The Morgan fingerprint density at radius 3 is 1.60 bits per heavy atom. The Labute approximate surface area is 130 Å². The van der Waals surface area contributed by atoms with Crippen molar-refractivity contribution in [3.05, 3.63) is 0 Å². The molecule has 0 N–H and O–H groups in total. The largest absolute Gasteiger partial charge is 0.328 e. The van der Waals surface area contributed by atoms with E-state index in [2.05, 4.69) is 40.7 Å². The van der Waals surface area contributed by atoms with Gasteiger partial charge in [0.25, 0.3) is 0 Å². The molecule has 0 rings (SSSR count). The van der Waals surface area contributed by atoms with Crippen molar-refractivity contribution < 1.29 is 4.48 Å². The molecule has 0 aliphatic heterocycles. The van der Waals surface area contributed by atoms with Crippen LogP contribution in [0, 0.1) is 0 Å². The topological polar surface area (TPSA) is 0 Å². The van der Waals surface area contributed by atoms with Gasteiger partial charge in [-0.1, -0.05) is 71.1 Å². The molecule has 0 aromatic rings. The standard InChI is InChI=1S/C18H42NSi/c1-7-8-9-10-11-12-13-14-16-19(2,3)17-15-18-20(4,5)6/h7-18H2,1-6H3/q+1. The predicted molar refractivity (Wildman–Crippen MR) is 97.2 cm³/mol. The zero-order valence-corrected chi connectivity index (χ0v) is 16.4. The summed E-state index contributed by atoms with van der Waals surface area (Å²) in [4.78, 5) is 0. The minimum atomic E-state index is -0.827. The van der Waals surface area contributed by atoms with Crippen molar-refractivity contribution in [3.63, 3.8) is 0 Å². The molecule has 1 nitrogen and oxygen atoms in total. The fourth-order valence-electron chi connectivity index (χ4n) is 2.82. The Balaban J connectivity index is 3.47. The summed E-state index contributed by atoms with van der Waals surface area (Å²) in [5.74, 6) is 0. The molecular formula is C18H42NSi+. The Morgan fingerprint density at radius 2 is 1.10 bits per heavy atom. The molecule has 0 fully saturated rings. The van der Waals surface area contributed by atoms with Gasteiger partial charge in [0, 0.05) is 8.07 Å². The summed E-state index contributed by atoms with van der Waals surface area (Å²) in [6, 6.07) is 1.49. The highest BCUT2D eigenvalue weighted by Crippen LogP contribution is 2.14. The summed E-state index contributed by atoms with van der Waals surface area (Å²) in [7, 11) is 4.02. The van der Waals surface area contributed by atoms with Gasteiger partial charge in [-0.15, -0.1) is 0 Å². The number of rotatable bonds is 13. The van der Waals surface area contributed by atoms with Crippen LogP contribution >= 0.6 is 0 Å². The van der Waals surface area contributed by atoms with E-state index in [1.54, 1.807) is 0 Å². The summed E-state index contributed by atoms with van der Waals surface area (Å²) in [5.41, 5.74) is 0. The van der Waals surface area contributed by atoms with E-state index < -0.39 is 8.07 Å². The summed E-state index contributed by atoms with van der Waals surface area (Å²) < 4.78 is 1.24. The zero-order chi connectivity index (χ0) is 15.5. The van der Waals surface area contributed by atoms with Crippen LogP contribution in [0.1, 0.15) is 64.7 Å². The van der Waals surface area contributed by atoms with Gasteiger partial charge in [0.1, 0.15) is 0 Å². The van der Waals surface area contributed by atoms with Gasteiger partial charge in [0.05, 0.1) is 27.2 Å². The minimum Gasteiger partial charge on any atom is -0.328 e. The number of quaternary nitrogens is 1. The van der Waals surface area contributed by atoms with Gasteiger partial charge in [0.15, 0.2) is 0 Å². The Bertz CT molecular complexity index is 218. The quantitative estimate of drug-likeness (QED) is 0.224. The van der Waals surface area contributed by atoms with Crippen LogP contribution in [0.4, 0.5) is 0 Å². The zero-order valence-electron chi connectivity index (χ0n) is 15.4. The number of unbranched alkanes of at least 4 members (excludes halogenated alkanes) is 7. The summed E-state index contributed by atoms with van der Waals surface area (Å²) >= 11 is 0. The highest BCUT2D eigenvalue weighted by molar-refractivity contribution is 6.76. The van der Waals surface area contributed by atoms with Crippen molar-refractivity contribution in [2.24, 2.45) is 0 Å². The van der Waals surface area contributed by atoms with Crippen molar-refractivity contribution in [3.8, 4) is 0 Å². The fraction of sp³-hybridized carbons (Fsp3) is 1.00. The molecule has 0 atom stereocenters. The van der Waals surface area contributed by atoms with E-state index in [0.29, 0.717) is 0 Å². The molecule has 0 aliphatic rings. The van der Waals surface area contributed by atoms with Crippen LogP contribution in [-0.4, -0.2) is 39.7 Å². The number of hydrogen-bond acceptors (Lipinski definition) is 0. The minimum absolute atomic E-state index is 0.827. The van der Waals surface area contributed by atoms with Gasteiger partial charge in [-0.2, -0.15) is 0 Å². The van der Waals surface area contributed by atoms with E-state index >= 15 is 0 Å². The maximum Gasteiger partial charge on any atom is 0.0782 e. The molecule has 0 bridgehead atoms. The fourth-order valence-corrected chi connectivity index (χ4v) is 4.04. The molecule has 122 valence electrons. The Hall–Kier alpha value is 0.177. The van der Waals surface area contributed by atoms with Crippen molar-refractivity contribution in [1.82, 2.24) is 0 Å². The first-order valence-electron chi connectivity index (χ1n) is 9.09. The van der Waals surface area contributed by atoms with Crippen molar-refractivity contribution in [1.29, 1.82) is 0 Å². The monoisotopic (exact) mass is 300 g/mol. The van der Waals surface area contributed by atoms with Crippen LogP contribution in [0.3, 0.4) is 0 Å². The lowest BCUT2D eigenvalue weighted by molar-refractivity contribution is -0.890. The average molecular weight is 301 g/mol. The molecule has 0 radical (unpaired) electrons. The molecule has 20 heavy (non-hydrogen) atoms. The van der Waals surface area contributed by atoms with Gasteiger partial charge in [-0.25, -0.2) is 0 Å². The number of hydrogen-bond donors (Lipinski definition) is 0. The molecule has 0 aromatic carbocycles. The lowest BCUT2D eigenvalue weighted by Gasteiger charge is -2.31. The molecular weight excluding hydrogens is 258 g/mol. The first-order chi connectivity index (χ1) is 9.27. The summed E-state index contributed by atoms with van der Waals surface area (Å²) in [5, 5.41) is 0. The van der Waals surface area contributed by atoms with Gasteiger partial charge >= 0.3 is 0 Å². The molecule has 0 aliphatic carbocycles. The highest BCUT2D eigenvalue weighted by atomic mass is 28.3. The maximum absolute atomic E-state index is 2.49. The van der Waals surface area contributed by atoms with Crippen molar-refractivity contribution in [2.75, 3.05) is 27.2 Å². The maximum atomic E-state index is 2.49. The Kier molecular flexibility index (Phi) is 10.9. The number of nitrogens with zero attached hydrogens (tertiary/aromatic N) is 1. The first kappa shape index (κ1) is 20.2. The highest BCUT2D eigenvalue weighted by Gasteiger charge is 2.18. The smallest absolute Gasteiger partial charge is 0.0782 e. The van der Waals surface area contributed by atoms with Crippen LogP contribution in [0.5, 0.6) is 0 Å². The van der Waals surface area contributed by atoms with Gasteiger partial charge in [-0.3, -0.25) is 0 Å². The molecule has 0 heterocycles. The molecule has 0 amide bonds. The second-order valence-corrected chi connectivity index (χ2v) is 14.1. The molecule has 0 saturated heterocycles. The van der Waals surface area contributed by atoms with Crippen LogP contribution in [0.15, 0.2) is 0 Å². The van der Waals surface area contributed by atoms with Gasteiger partial charge in [0.2, 0.25) is 0 Å². The van der Waals surface area contributed by atoms with Gasteiger partial charge < -0.3 is 4.48 Å². The molecule has 0 aromatic heterocycles. The van der Waals surface area contributed by atoms with E-state index in [9.17, 15) is 0 Å². The predicted octanol–water partition coefficient (Wildman–Crippen LogP) is 5.93. The Morgan fingerprint density at radius 1 is 0.650 bits per heavy atom. The molecule has 0 spiro atoms. The second kappa shape index (κ2) is 10.8. The van der Waals surface area contributed by atoms with E-state index in [4.69, 9.17) is 0 Å². The van der Waals surface area contributed by atoms with E-state index in [1.165, 1.54) is 81.4 Å². The van der Waals surface area contributed by atoms with E-state index in [-0.39, 0.29) is 0 Å². The third-order valence-corrected chi connectivity index (χ3v) is 6.16. The average Bonchev–Trinajstić information content (AvgIpc) is 2.30. The first-order valence-corrected chi connectivity index (χ1v) is 12.8. The van der Waals surface area contributed by atoms with Gasteiger partial charge in [-0.05, 0) is 19.3 Å². The summed E-state index contributed by atoms with van der Waals surface area (Å²) in [6.45, 7) is 12.5. The third-order valence-electron chi connectivity index (χ3n) is 4.31. The van der Waals surface area contributed by atoms with Crippen LogP contribution in [0.2, 0.25) is 25.7 Å². The van der Waals surface area contributed by atoms with Crippen molar-refractivity contribution >= 4 is 8.07 Å². The third kappa shape index (κ3) is 14.6. The van der Waals surface area contributed by atoms with E-state index in [1.807, 2.05) is 0 Å². The SMILES string of the molecule is CCCCCCCCCC[N+](C)(C)CCC[Si](C)(C)C. The van der Waals surface area contributed by atoms with Crippen LogP contribution in [0.25, 0.3) is 0 Å². The summed E-state index contributed by atoms with van der Waals surface area (Å²) in [6.07, 6.45) is 12.9. The second-order valence-electron chi connectivity index (χ2n) is 8.52. The lowest BCUT2D eigenvalue weighted by Crippen LogP contribution is -2.41. The lowest BCUT2D eigenvalue weighted by atomic mass is 10.1. The molecule has 0 unspecified atom stereocenters. The normalized spacial score (nSPS) is 12.9. The molecule has 0 saturated carbocycles. The molecule has 2 heteroatoms. The van der Waals surface area contributed by atoms with Crippen LogP contribution in [-0.2, 0) is 0 Å².